The zero-order valence-corrected chi connectivity index (χ0v) is 14.3. The highest BCUT2D eigenvalue weighted by molar-refractivity contribution is 5.76. The van der Waals surface area contributed by atoms with Gasteiger partial charge in [-0.1, -0.05) is 38.1 Å². The summed E-state index contributed by atoms with van der Waals surface area (Å²) in [6.45, 7) is 6.41. The predicted molar refractivity (Wildman–Crippen MR) is 93.5 cm³/mol. The first-order valence-electron chi connectivity index (χ1n) is 8.45. The first-order valence-corrected chi connectivity index (χ1v) is 8.45. The fourth-order valence-electron chi connectivity index (χ4n) is 2.56. The summed E-state index contributed by atoms with van der Waals surface area (Å²) in [4.78, 5) is 12.0. The Morgan fingerprint density at radius 1 is 1.09 bits per heavy atom. The number of aryl methyl sites for hydroxylation is 2. The summed E-state index contributed by atoms with van der Waals surface area (Å²) < 4.78 is 5.31. The Labute approximate surface area is 139 Å². The summed E-state index contributed by atoms with van der Waals surface area (Å²) in [6.07, 6.45) is 4.75. The zero-order chi connectivity index (χ0) is 16.7. The standard InChI is InChI=1S/C20H27NO2/c1-15(2)18-10-7-17(8-11-18)9-13-20(22)21-16(3)6-12-19-5-4-14-23-19/h4-5,7-8,10-11,14-16H,6,9,12-13H2,1-3H3,(H,21,22). The van der Waals surface area contributed by atoms with Crippen LogP contribution in [0, 0.1) is 0 Å². The third-order valence-corrected chi connectivity index (χ3v) is 4.10. The van der Waals surface area contributed by atoms with Gasteiger partial charge in [-0.05, 0) is 48.9 Å². The Balaban J connectivity index is 1.69. The van der Waals surface area contributed by atoms with Crippen LogP contribution in [-0.4, -0.2) is 11.9 Å². The van der Waals surface area contributed by atoms with Gasteiger partial charge in [0.05, 0.1) is 6.26 Å². The molecule has 1 atom stereocenters. The van der Waals surface area contributed by atoms with Crippen LogP contribution >= 0.6 is 0 Å². The molecule has 3 heteroatoms. The van der Waals surface area contributed by atoms with Crippen molar-refractivity contribution in [2.75, 3.05) is 0 Å². The van der Waals surface area contributed by atoms with Gasteiger partial charge in [0.2, 0.25) is 5.91 Å². The van der Waals surface area contributed by atoms with Crippen molar-refractivity contribution in [1.29, 1.82) is 0 Å². The molecule has 0 saturated heterocycles. The van der Waals surface area contributed by atoms with E-state index in [0.717, 1.165) is 25.0 Å². The van der Waals surface area contributed by atoms with Crippen molar-refractivity contribution in [3.8, 4) is 0 Å². The lowest BCUT2D eigenvalue weighted by Crippen LogP contribution is -2.33. The molecular formula is C20H27NO2. The molecule has 0 saturated carbocycles. The van der Waals surface area contributed by atoms with Gasteiger partial charge in [-0.3, -0.25) is 4.79 Å². The van der Waals surface area contributed by atoms with Crippen molar-refractivity contribution in [2.24, 2.45) is 0 Å². The molecular weight excluding hydrogens is 286 g/mol. The van der Waals surface area contributed by atoms with E-state index in [2.05, 4.69) is 43.4 Å². The van der Waals surface area contributed by atoms with Crippen molar-refractivity contribution in [3.63, 3.8) is 0 Å². The minimum atomic E-state index is 0.116. The SMILES string of the molecule is CC(CCc1ccco1)NC(=O)CCc1ccc(C(C)C)cc1. The van der Waals surface area contributed by atoms with Gasteiger partial charge >= 0.3 is 0 Å². The summed E-state index contributed by atoms with van der Waals surface area (Å²) >= 11 is 0. The minimum absolute atomic E-state index is 0.116. The highest BCUT2D eigenvalue weighted by atomic mass is 16.3. The van der Waals surface area contributed by atoms with E-state index >= 15 is 0 Å². The largest absolute Gasteiger partial charge is 0.469 e. The molecule has 1 aromatic carbocycles. The molecule has 2 rings (SSSR count). The van der Waals surface area contributed by atoms with Crippen molar-refractivity contribution in [3.05, 3.63) is 59.5 Å². The molecule has 2 aromatic rings. The summed E-state index contributed by atoms with van der Waals surface area (Å²) in [5.41, 5.74) is 2.55. The number of hydrogen-bond donors (Lipinski definition) is 1. The summed E-state index contributed by atoms with van der Waals surface area (Å²) in [5, 5.41) is 3.06. The molecule has 1 heterocycles. The molecule has 0 aliphatic carbocycles. The Bertz CT molecular complexity index is 585. The van der Waals surface area contributed by atoms with Crippen LogP contribution in [0.2, 0.25) is 0 Å². The number of rotatable bonds is 8. The van der Waals surface area contributed by atoms with Crippen LogP contribution in [0.5, 0.6) is 0 Å². The maximum absolute atomic E-state index is 12.0. The van der Waals surface area contributed by atoms with Crippen LogP contribution in [0.4, 0.5) is 0 Å². The molecule has 0 fully saturated rings. The molecule has 1 aromatic heterocycles. The van der Waals surface area contributed by atoms with E-state index in [1.165, 1.54) is 11.1 Å². The molecule has 0 aliphatic heterocycles. The monoisotopic (exact) mass is 313 g/mol. The Morgan fingerprint density at radius 3 is 2.43 bits per heavy atom. The molecule has 1 N–H and O–H groups in total. The molecule has 0 aliphatic rings. The maximum atomic E-state index is 12.0. The highest BCUT2D eigenvalue weighted by Gasteiger charge is 2.09. The molecule has 124 valence electrons. The van der Waals surface area contributed by atoms with Crippen LogP contribution < -0.4 is 5.32 Å². The topological polar surface area (TPSA) is 42.2 Å². The third-order valence-electron chi connectivity index (χ3n) is 4.10. The number of carbonyl (C=O) groups excluding carboxylic acids is 1. The Hall–Kier alpha value is -2.03. The Morgan fingerprint density at radius 2 is 1.83 bits per heavy atom. The number of amides is 1. The maximum Gasteiger partial charge on any atom is 0.220 e. The zero-order valence-electron chi connectivity index (χ0n) is 14.3. The second kappa shape index (κ2) is 8.56. The highest BCUT2D eigenvalue weighted by Crippen LogP contribution is 2.15. The normalized spacial score (nSPS) is 12.3. The van der Waals surface area contributed by atoms with Crippen LogP contribution in [-0.2, 0) is 17.6 Å². The van der Waals surface area contributed by atoms with Gasteiger partial charge in [0.25, 0.3) is 0 Å². The molecule has 23 heavy (non-hydrogen) atoms. The molecule has 3 nitrogen and oxygen atoms in total. The predicted octanol–water partition coefficient (Wildman–Crippen LogP) is 4.47. The molecule has 0 bridgehead atoms. The van der Waals surface area contributed by atoms with E-state index in [4.69, 9.17) is 4.42 Å². The van der Waals surface area contributed by atoms with Crippen molar-refractivity contribution < 1.29 is 9.21 Å². The first kappa shape index (κ1) is 17.3. The summed E-state index contributed by atoms with van der Waals surface area (Å²) in [5.74, 6) is 1.63. The van der Waals surface area contributed by atoms with Crippen LogP contribution in [0.15, 0.2) is 47.1 Å². The molecule has 1 unspecified atom stereocenters. The number of hydrogen-bond acceptors (Lipinski definition) is 2. The van der Waals surface area contributed by atoms with Crippen molar-refractivity contribution >= 4 is 5.91 Å². The van der Waals surface area contributed by atoms with E-state index in [1.807, 2.05) is 19.1 Å². The first-order chi connectivity index (χ1) is 11.0. The Kier molecular flexibility index (Phi) is 6.45. The third kappa shape index (κ3) is 5.93. The van der Waals surface area contributed by atoms with Crippen LogP contribution in [0.1, 0.15) is 56.4 Å². The number of benzene rings is 1. The molecule has 0 spiro atoms. The van der Waals surface area contributed by atoms with Gasteiger partial charge in [-0.15, -0.1) is 0 Å². The van der Waals surface area contributed by atoms with Gasteiger partial charge in [0, 0.05) is 18.9 Å². The van der Waals surface area contributed by atoms with E-state index in [1.54, 1.807) is 6.26 Å². The lowest BCUT2D eigenvalue weighted by Gasteiger charge is -2.13. The van der Waals surface area contributed by atoms with Gasteiger partial charge in [-0.25, -0.2) is 0 Å². The second-order valence-corrected chi connectivity index (χ2v) is 6.48. The van der Waals surface area contributed by atoms with Gasteiger partial charge in [-0.2, -0.15) is 0 Å². The average Bonchev–Trinajstić information content (AvgIpc) is 3.05. The van der Waals surface area contributed by atoms with Gasteiger partial charge in [0.1, 0.15) is 5.76 Å². The van der Waals surface area contributed by atoms with E-state index in [-0.39, 0.29) is 11.9 Å². The van der Waals surface area contributed by atoms with Gasteiger partial charge < -0.3 is 9.73 Å². The average molecular weight is 313 g/mol. The number of nitrogens with one attached hydrogen (secondary N) is 1. The van der Waals surface area contributed by atoms with Crippen LogP contribution in [0.25, 0.3) is 0 Å². The quantitative estimate of drug-likeness (QED) is 0.781. The lowest BCUT2D eigenvalue weighted by molar-refractivity contribution is -0.121. The van der Waals surface area contributed by atoms with Crippen LogP contribution in [0.3, 0.4) is 0 Å². The smallest absolute Gasteiger partial charge is 0.220 e. The minimum Gasteiger partial charge on any atom is -0.469 e. The molecule has 1 amide bonds. The number of carbonyl (C=O) groups is 1. The van der Waals surface area contributed by atoms with E-state index in [0.29, 0.717) is 12.3 Å². The summed E-state index contributed by atoms with van der Waals surface area (Å²) in [6, 6.07) is 12.6. The number of furan rings is 1. The van der Waals surface area contributed by atoms with Gasteiger partial charge in [0.15, 0.2) is 0 Å². The fourth-order valence-corrected chi connectivity index (χ4v) is 2.56. The van der Waals surface area contributed by atoms with E-state index < -0.39 is 0 Å². The van der Waals surface area contributed by atoms with Crippen molar-refractivity contribution in [2.45, 2.75) is 58.4 Å². The van der Waals surface area contributed by atoms with E-state index in [9.17, 15) is 4.79 Å². The lowest BCUT2D eigenvalue weighted by atomic mass is 10.0. The fraction of sp³-hybridized carbons (Fsp3) is 0.450. The molecule has 0 radical (unpaired) electrons. The van der Waals surface area contributed by atoms with Crippen molar-refractivity contribution in [1.82, 2.24) is 5.32 Å². The second-order valence-electron chi connectivity index (χ2n) is 6.48. The summed E-state index contributed by atoms with van der Waals surface area (Å²) in [7, 11) is 0.